The predicted molar refractivity (Wildman–Crippen MR) is 195 cm³/mol. The summed E-state index contributed by atoms with van der Waals surface area (Å²) >= 11 is 6.51. The fourth-order valence-corrected chi connectivity index (χ4v) is 7.35. The third-order valence-corrected chi connectivity index (χ3v) is 9.70. The Bertz CT molecular complexity index is 1680. The van der Waals surface area contributed by atoms with E-state index in [0.29, 0.717) is 44.8 Å². The Morgan fingerprint density at radius 2 is 1.68 bits per heavy atom. The zero-order chi connectivity index (χ0) is 36.4. The molecule has 268 valence electrons. The lowest BCUT2D eigenvalue weighted by Gasteiger charge is -2.25. The van der Waals surface area contributed by atoms with E-state index < -0.39 is 41.9 Å². The zero-order valence-corrected chi connectivity index (χ0v) is 31.2. The maximum atomic E-state index is 13.7. The van der Waals surface area contributed by atoms with Crippen LogP contribution in [0.25, 0.3) is 0 Å². The highest BCUT2D eigenvalue weighted by Crippen LogP contribution is 2.37. The van der Waals surface area contributed by atoms with Crippen LogP contribution in [-0.4, -0.2) is 46.6 Å². The summed E-state index contributed by atoms with van der Waals surface area (Å²) in [6.07, 6.45) is 5.72. The minimum atomic E-state index is -1.50. The van der Waals surface area contributed by atoms with Crippen molar-refractivity contribution in [2.75, 3.05) is 6.61 Å². The van der Waals surface area contributed by atoms with E-state index in [1.54, 1.807) is 42.5 Å². The molecule has 6 N–H and O–H groups in total. The van der Waals surface area contributed by atoms with Crippen molar-refractivity contribution in [2.24, 2.45) is 11.7 Å². The summed E-state index contributed by atoms with van der Waals surface area (Å²) < 4.78 is 12.7. The molecule has 2 unspecified atom stereocenters. The van der Waals surface area contributed by atoms with Crippen LogP contribution >= 0.6 is 31.9 Å². The Hall–Kier alpha value is -4.10. The molecule has 1 aliphatic carbocycles. The van der Waals surface area contributed by atoms with Crippen molar-refractivity contribution >= 4 is 55.6 Å². The predicted octanol–water partition coefficient (Wildman–Crippen LogP) is 6.88. The van der Waals surface area contributed by atoms with Crippen molar-refractivity contribution in [2.45, 2.75) is 83.4 Å². The van der Waals surface area contributed by atoms with Crippen molar-refractivity contribution < 1.29 is 38.9 Å². The first-order valence-electron chi connectivity index (χ1n) is 16.7. The molecule has 13 heteroatoms. The van der Waals surface area contributed by atoms with Gasteiger partial charge >= 0.3 is 5.97 Å². The highest BCUT2D eigenvalue weighted by atomic mass is 79.9. The van der Waals surface area contributed by atoms with Gasteiger partial charge < -0.3 is 36.1 Å². The van der Waals surface area contributed by atoms with Crippen molar-refractivity contribution in [3.05, 3.63) is 85.8 Å². The van der Waals surface area contributed by atoms with E-state index in [2.05, 4.69) is 42.5 Å². The number of carboxylic acid groups (broad SMARTS) is 1. The average molecular weight is 818 g/mol. The molecule has 11 nitrogen and oxygen atoms in total. The first kappa shape index (κ1) is 38.7. The van der Waals surface area contributed by atoms with Crippen molar-refractivity contribution in [1.29, 1.82) is 0 Å². The summed E-state index contributed by atoms with van der Waals surface area (Å²) in [5.74, 6) is -1.90. The molecule has 1 saturated carbocycles. The number of amides is 3. The molecule has 0 spiro atoms. The fourth-order valence-electron chi connectivity index (χ4n) is 6.09. The summed E-state index contributed by atoms with van der Waals surface area (Å²) in [5, 5.41) is 26.1. The number of halogens is 2. The number of primary amides is 1. The molecule has 0 radical (unpaired) electrons. The highest BCUT2D eigenvalue weighted by molar-refractivity contribution is 9.11. The first-order chi connectivity index (χ1) is 23.9. The van der Waals surface area contributed by atoms with E-state index >= 15 is 0 Å². The van der Waals surface area contributed by atoms with E-state index in [-0.39, 0.29) is 29.0 Å². The number of carbonyl (C=O) groups excluding carboxylic acids is 3. The van der Waals surface area contributed by atoms with Crippen molar-refractivity contribution in [3.8, 4) is 17.2 Å². The standard InChI is InChI=1S/C37H43Br2N3O8/c1-3-7-30(24-12-15-32(27(17-24)35(40)45)49-20-23-8-5-4-6-9-23)42-36(46)31(41-21(2)43)16-22-10-13-26(14-11-22)50-34(37(47)48)28-18-25(38)19-29(39)33(28)44/h10-15,17-19,23,30-31,34,44H,3-9,16,20H2,1-2H3,(H2,40,45)(H,41,43)(H,42,46)(H,47,48)/t30?,31-,34?/m0/s1. The first-order valence-corrected chi connectivity index (χ1v) is 18.2. The number of aromatic hydroxyl groups is 1. The fraction of sp³-hybridized carbons (Fsp3) is 0.405. The molecule has 4 rings (SSSR count). The molecule has 0 aliphatic heterocycles. The second-order valence-corrected chi connectivity index (χ2v) is 14.3. The number of aliphatic carboxylic acids is 1. The lowest BCUT2D eigenvalue weighted by atomic mass is 9.90. The normalized spacial score (nSPS) is 15.0. The number of hydrogen-bond acceptors (Lipinski definition) is 7. The van der Waals surface area contributed by atoms with Gasteiger partial charge in [-0.2, -0.15) is 0 Å². The summed E-state index contributed by atoms with van der Waals surface area (Å²) in [5.41, 5.74) is 7.42. The van der Waals surface area contributed by atoms with Gasteiger partial charge in [-0.3, -0.25) is 14.4 Å². The number of carbonyl (C=O) groups is 4. The highest BCUT2D eigenvalue weighted by Gasteiger charge is 2.28. The second kappa shape index (κ2) is 18.2. The summed E-state index contributed by atoms with van der Waals surface area (Å²) in [4.78, 5) is 50.4. The van der Waals surface area contributed by atoms with Gasteiger partial charge in [0.15, 0.2) is 0 Å². The van der Waals surface area contributed by atoms with Gasteiger partial charge in [0.05, 0.1) is 22.7 Å². The van der Waals surface area contributed by atoms with Gasteiger partial charge in [0, 0.05) is 23.4 Å². The molecule has 3 atom stereocenters. The number of phenolic OH excluding ortho intramolecular Hbond substituents is 1. The number of ether oxygens (including phenoxy) is 2. The molecule has 50 heavy (non-hydrogen) atoms. The van der Waals surface area contributed by atoms with Crippen LogP contribution < -0.4 is 25.8 Å². The number of benzene rings is 3. The molecular weight excluding hydrogens is 774 g/mol. The number of nitrogens with two attached hydrogens (primary N) is 1. The van der Waals surface area contributed by atoms with E-state index in [4.69, 9.17) is 15.2 Å². The molecule has 3 aromatic carbocycles. The second-order valence-electron chi connectivity index (χ2n) is 12.5. The van der Waals surface area contributed by atoms with E-state index in [9.17, 15) is 29.4 Å². The molecule has 1 aliphatic rings. The Labute approximate surface area is 308 Å². The zero-order valence-electron chi connectivity index (χ0n) is 28.0. The van der Waals surface area contributed by atoms with E-state index in [1.807, 2.05) is 13.0 Å². The van der Waals surface area contributed by atoms with Crippen LogP contribution in [0.4, 0.5) is 0 Å². The number of phenols is 1. The van der Waals surface area contributed by atoms with Crippen LogP contribution in [0.3, 0.4) is 0 Å². The van der Waals surface area contributed by atoms with Gasteiger partial charge in [0.25, 0.3) is 5.91 Å². The molecule has 0 saturated heterocycles. The number of carboxylic acids is 1. The van der Waals surface area contributed by atoms with E-state index in [0.717, 1.165) is 19.3 Å². The molecule has 3 amide bonds. The Kier molecular flexibility index (Phi) is 14.1. The molecule has 0 bridgehead atoms. The molecule has 1 fully saturated rings. The lowest BCUT2D eigenvalue weighted by Crippen LogP contribution is -2.48. The summed E-state index contributed by atoms with van der Waals surface area (Å²) in [7, 11) is 0. The minimum Gasteiger partial charge on any atom is -0.506 e. The van der Waals surface area contributed by atoms with E-state index in [1.165, 1.54) is 32.3 Å². The summed E-state index contributed by atoms with van der Waals surface area (Å²) in [6, 6.07) is 13.3. The Morgan fingerprint density at radius 1 is 0.980 bits per heavy atom. The maximum Gasteiger partial charge on any atom is 0.349 e. The maximum absolute atomic E-state index is 13.7. The Morgan fingerprint density at radius 3 is 2.30 bits per heavy atom. The third-order valence-electron chi connectivity index (χ3n) is 8.64. The number of rotatable bonds is 16. The van der Waals surface area contributed by atoms with Crippen LogP contribution in [0, 0.1) is 5.92 Å². The van der Waals surface area contributed by atoms with Gasteiger partial charge in [-0.05, 0) is 88.6 Å². The van der Waals surface area contributed by atoms with Gasteiger partial charge in [-0.15, -0.1) is 0 Å². The van der Waals surface area contributed by atoms with Crippen LogP contribution in [-0.2, 0) is 20.8 Å². The quantitative estimate of drug-likeness (QED) is 0.104. The average Bonchev–Trinajstić information content (AvgIpc) is 3.08. The number of nitrogens with one attached hydrogen (secondary N) is 2. The molecule has 3 aromatic rings. The van der Waals surface area contributed by atoms with Gasteiger partial charge in [-0.25, -0.2) is 4.79 Å². The third kappa shape index (κ3) is 10.7. The smallest absolute Gasteiger partial charge is 0.349 e. The van der Waals surface area contributed by atoms with Crippen LogP contribution in [0.2, 0.25) is 0 Å². The SMILES string of the molecule is CCCC(NC(=O)[C@H](Cc1ccc(OC(C(=O)O)c2cc(Br)cc(Br)c2O)cc1)NC(C)=O)c1ccc(OCC2CCCCC2)c(C(N)=O)c1. The largest absolute Gasteiger partial charge is 0.506 e. The number of hydrogen-bond donors (Lipinski definition) is 5. The topological polar surface area (TPSA) is 177 Å². The van der Waals surface area contributed by atoms with Gasteiger partial charge in [0.1, 0.15) is 23.3 Å². The van der Waals surface area contributed by atoms with Crippen molar-refractivity contribution in [3.63, 3.8) is 0 Å². The van der Waals surface area contributed by atoms with Crippen molar-refractivity contribution in [1.82, 2.24) is 10.6 Å². The van der Waals surface area contributed by atoms with Gasteiger partial charge in [0.2, 0.25) is 17.9 Å². The minimum absolute atomic E-state index is 0.0522. The van der Waals surface area contributed by atoms with Crippen LogP contribution in [0.15, 0.2) is 63.5 Å². The molecular formula is C37H43Br2N3O8. The summed E-state index contributed by atoms with van der Waals surface area (Å²) in [6.45, 7) is 3.83. The molecule has 0 aromatic heterocycles. The monoisotopic (exact) mass is 815 g/mol. The molecule has 0 heterocycles. The van der Waals surface area contributed by atoms with Crippen LogP contribution in [0.1, 0.15) is 98.0 Å². The van der Waals surface area contributed by atoms with Crippen LogP contribution in [0.5, 0.6) is 17.2 Å². The Balaban J connectivity index is 1.48. The van der Waals surface area contributed by atoms with Gasteiger partial charge in [-0.1, -0.05) is 66.7 Å². The lowest BCUT2D eigenvalue weighted by molar-refractivity contribution is -0.145.